The van der Waals surface area contributed by atoms with Crippen LogP contribution in [0.15, 0.2) is 30.3 Å². The first kappa shape index (κ1) is 18.9. The van der Waals surface area contributed by atoms with E-state index in [4.69, 9.17) is 4.74 Å². The van der Waals surface area contributed by atoms with E-state index in [2.05, 4.69) is 47.4 Å². The highest BCUT2D eigenvalue weighted by atomic mass is 16.5. The number of aromatic nitrogens is 2. The van der Waals surface area contributed by atoms with Gasteiger partial charge >= 0.3 is 0 Å². The largest absolute Gasteiger partial charge is 0.383 e. The minimum atomic E-state index is -0.241. The lowest BCUT2D eigenvalue weighted by atomic mass is 9.86. The fraction of sp³-hybridized carbons (Fsp3) is 0.421. The molecule has 0 spiro atoms. The van der Waals surface area contributed by atoms with E-state index in [9.17, 15) is 4.79 Å². The molecular formula is C19H26N4O2. The zero-order valence-corrected chi connectivity index (χ0v) is 15.5. The number of amides is 1. The van der Waals surface area contributed by atoms with Crippen LogP contribution < -0.4 is 10.6 Å². The quantitative estimate of drug-likeness (QED) is 0.789. The average Bonchev–Trinajstić information content (AvgIpc) is 2.54. The molecule has 1 aromatic heterocycles. The summed E-state index contributed by atoms with van der Waals surface area (Å²) in [5.74, 6) is 0.894. The summed E-state index contributed by atoms with van der Waals surface area (Å²) in [5.41, 5.74) is 2.47. The molecule has 0 aliphatic heterocycles. The predicted molar refractivity (Wildman–Crippen MR) is 99.4 cm³/mol. The molecule has 1 aromatic carbocycles. The standard InChI is InChI=1S/C19H26N4O2/c1-13-21-16(18(24)20-10-11-25-5)12-17(22-13)23-15-9-7-6-8-14(15)19(2,3)4/h6-9,12H,10-11H2,1-5H3,(H,20,24)(H,21,22,23). The van der Waals surface area contributed by atoms with E-state index in [1.165, 1.54) is 5.56 Å². The minimum Gasteiger partial charge on any atom is -0.383 e. The Morgan fingerprint density at radius 3 is 2.60 bits per heavy atom. The number of benzene rings is 1. The van der Waals surface area contributed by atoms with Crippen LogP contribution in [0, 0.1) is 6.92 Å². The third-order valence-corrected chi connectivity index (χ3v) is 3.66. The maximum Gasteiger partial charge on any atom is 0.270 e. The van der Waals surface area contributed by atoms with Crippen molar-refractivity contribution in [1.29, 1.82) is 0 Å². The number of hydrogen-bond acceptors (Lipinski definition) is 5. The number of hydrogen-bond donors (Lipinski definition) is 2. The summed E-state index contributed by atoms with van der Waals surface area (Å²) in [6, 6.07) is 9.76. The van der Waals surface area contributed by atoms with Gasteiger partial charge in [0.05, 0.1) is 6.61 Å². The Bertz CT molecular complexity index is 738. The van der Waals surface area contributed by atoms with Crippen molar-refractivity contribution in [2.75, 3.05) is 25.6 Å². The summed E-state index contributed by atoms with van der Waals surface area (Å²) in [4.78, 5) is 20.8. The summed E-state index contributed by atoms with van der Waals surface area (Å²) in [7, 11) is 1.59. The normalized spacial score (nSPS) is 11.2. The first-order chi connectivity index (χ1) is 11.8. The Morgan fingerprint density at radius 1 is 1.20 bits per heavy atom. The smallest absolute Gasteiger partial charge is 0.270 e. The van der Waals surface area contributed by atoms with Crippen LogP contribution in [-0.2, 0) is 10.2 Å². The molecule has 6 heteroatoms. The van der Waals surface area contributed by atoms with Crippen LogP contribution >= 0.6 is 0 Å². The van der Waals surface area contributed by atoms with Crippen molar-refractivity contribution >= 4 is 17.4 Å². The lowest BCUT2D eigenvalue weighted by Crippen LogP contribution is -2.28. The Labute approximate surface area is 149 Å². The van der Waals surface area contributed by atoms with E-state index in [1.807, 2.05) is 18.2 Å². The molecule has 0 atom stereocenters. The maximum absolute atomic E-state index is 12.2. The van der Waals surface area contributed by atoms with Gasteiger partial charge in [0.2, 0.25) is 0 Å². The predicted octanol–water partition coefficient (Wildman–Crippen LogP) is 3.20. The minimum absolute atomic E-state index is 0.00791. The van der Waals surface area contributed by atoms with Gasteiger partial charge in [0.25, 0.3) is 5.91 Å². The van der Waals surface area contributed by atoms with E-state index in [1.54, 1.807) is 20.1 Å². The fourth-order valence-corrected chi connectivity index (χ4v) is 2.49. The molecule has 0 saturated heterocycles. The maximum atomic E-state index is 12.2. The molecule has 0 radical (unpaired) electrons. The van der Waals surface area contributed by atoms with Crippen molar-refractivity contribution in [1.82, 2.24) is 15.3 Å². The topological polar surface area (TPSA) is 76.1 Å². The number of ether oxygens (including phenoxy) is 1. The molecule has 0 unspecified atom stereocenters. The van der Waals surface area contributed by atoms with Gasteiger partial charge in [-0.15, -0.1) is 0 Å². The van der Waals surface area contributed by atoms with Crippen LogP contribution in [0.2, 0.25) is 0 Å². The van der Waals surface area contributed by atoms with Crippen molar-refractivity contribution < 1.29 is 9.53 Å². The zero-order chi connectivity index (χ0) is 18.4. The molecule has 0 aliphatic rings. The van der Waals surface area contributed by atoms with E-state index < -0.39 is 0 Å². The highest BCUT2D eigenvalue weighted by Crippen LogP contribution is 2.30. The lowest BCUT2D eigenvalue weighted by molar-refractivity contribution is 0.0931. The van der Waals surface area contributed by atoms with Gasteiger partial charge in [-0.3, -0.25) is 4.79 Å². The van der Waals surface area contributed by atoms with E-state index in [0.29, 0.717) is 30.5 Å². The van der Waals surface area contributed by atoms with Gasteiger partial charge in [0.1, 0.15) is 17.3 Å². The molecule has 6 nitrogen and oxygen atoms in total. The van der Waals surface area contributed by atoms with Gasteiger partial charge in [-0.05, 0) is 24.0 Å². The molecule has 0 bridgehead atoms. The molecule has 0 saturated carbocycles. The van der Waals surface area contributed by atoms with Crippen molar-refractivity contribution in [3.63, 3.8) is 0 Å². The highest BCUT2D eigenvalue weighted by molar-refractivity contribution is 5.93. The van der Waals surface area contributed by atoms with Crippen molar-refractivity contribution in [2.24, 2.45) is 0 Å². The SMILES string of the molecule is COCCNC(=O)c1cc(Nc2ccccc2C(C)(C)C)nc(C)n1. The number of para-hydroxylation sites is 1. The second kappa shape index (κ2) is 8.07. The van der Waals surface area contributed by atoms with Gasteiger partial charge in [0.15, 0.2) is 0 Å². The fourth-order valence-electron chi connectivity index (χ4n) is 2.49. The van der Waals surface area contributed by atoms with Crippen LogP contribution in [0.1, 0.15) is 42.6 Å². The summed E-state index contributed by atoms with van der Waals surface area (Å²) in [6.45, 7) is 9.15. The molecule has 1 amide bonds. The number of rotatable bonds is 6. The Morgan fingerprint density at radius 2 is 1.92 bits per heavy atom. The molecule has 1 heterocycles. The first-order valence-corrected chi connectivity index (χ1v) is 8.30. The van der Waals surface area contributed by atoms with Crippen molar-refractivity contribution in [3.8, 4) is 0 Å². The Hall–Kier alpha value is -2.47. The van der Waals surface area contributed by atoms with Crippen LogP contribution in [0.5, 0.6) is 0 Å². The van der Waals surface area contributed by atoms with Crippen molar-refractivity contribution in [2.45, 2.75) is 33.1 Å². The number of nitrogens with one attached hydrogen (secondary N) is 2. The number of carbonyl (C=O) groups is 1. The number of aryl methyl sites for hydroxylation is 1. The van der Waals surface area contributed by atoms with Crippen LogP contribution in [-0.4, -0.2) is 36.1 Å². The van der Waals surface area contributed by atoms with E-state index in [0.717, 1.165) is 5.69 Å². The van der Waals surface area contributed by atoms with Gasteiger partial charge in [-0.1, -0.05) is 39.0 Å². The number of methoxy groups -OCH3 is 1. The second-order valence-electron chi connectivity index (χ2n) is 6.85. The lowest BCUT2D eigenvalue weighted by Gasteiger charge is -2.23. The van der Waals surface area contributed by atoms with Gasteiger partial charge in [0, 0.05) is 25.4 Å². The molecule has 0 fully saturated rings. The Kier molecular flexibility index (Phi) is 6.09. The molecular weight excluding hydrogens is 316 g/mol. The van der Waals surface area contributed by atoms with Gasteiger partial charge in [-0.25, -0.2) is 9.97 Å². The number of carbonyl (C=O) groups excluding carboxylic acids is 1. The summed E-state index contributed by atoms with van der Waals surface area (Å²) in [6.07, 6.45) is 0. The summed E-state index contributed by atoms with van der Waals surface area (Å²) < 4.78 is 4.94. The van der Waals surface area contributed by atoms with E-state index in [-0.39, 0.29) is 11.3 Å². The zero-order valence-electron chi connectivity index (χ0n) is 15.5. The Balaban J connectivity index is 2.25. The monoisotopic (exact) mass is 342 g/mol. The van der Waals surface area contributed by atoms with Crippen molar-refractivity contribution in [3.05, 3.63) is 47.4 Å². The molecule has 134 valence electrons. The molecule has 25 heavy (non-hydrogen) atoms. The third kappa shape index (κ3) is 5.26. The molecule has 2 aromatic rings. The van der Waals surface area contributed by atoms with Gasteiger partial charge in [-0.2, -0.15) is 0 Å². The van der Waals surface area contributed by atoms with Crippen LogP contribution in [0.3, 0.4) is 0 Å². The summed E-state index contributed by atoms with van der Waals surface area (Å²) >= 11 is 0. The average molecular weight is 342 g/mol. The van der Waals surface area contributed by atoms with Crippen LogP contribution in [0.25, 0.3) is 0 Å². The highest BCUT2D eigenvalue weighted by Gasteiger charge is 2.18. The molecule has 0 aliphatic carbocycles. The number of anilines is 2. The summed E-state index contributed by atoms with van der Waals surface area (Å²) in [5, 5.41) is 6.10. The van der Waals surface area contributed by atoms with E-state index >= 15 is 0 Å². The molecule has 2 rings (SSSR count). The first-order valence-electron chi connectivity index (χ1n) is 8.30. The molecule has 2 N–H and O–H groups in total. The third-order valence-electron chi connectivity index (χ3n) is 3.66. The number of nitrogens with zero attached hydrogens (tertiary/aromatic N) is 2. The van der Waals surface area contributed by atoms with Gasteiger partial charge < -0.3 is 15.4 Å². The second-order valence-corrected chi connectivity index (χ2v) is 6.85. The van der Waals surface area contributed by atoms with Crippen LogP contribution in [0.4, 0.5) is 11.5 Å².